The fraction of sp³-hybridized carbons (Fsp3) is 0.182. The van der Waals surface area contributed by atoms with Crippen LogP contribution in [-0.2, 0) is 11.8 Å². The third kappa shape index (κ3) is 2.42. The minimum absolute atomic E-state index is 0.0698. The van der Waals surface area contributed by atoms with E-state index in [0.29, 0.717) is 0 Å². The van der Waals surface area contributed by atoms with E-state index in [9.17, 15) is 0 Å². The van der Waals surface area contributed by atoms with E-state index >= 15 is 0 Å². The molecular weight excluding hydrogens is 391 g/mol. The zero-order valence-electron chi connectivity index (χ0n) is 13.4. The van der Waals surface area contributed by atoms with Crippen molar-refractivity contribution in [3.63, 3.8) is 0 Å². The molecule has 0 atom stereocenters. The van der Waals surface area contributed by atoms with E-state index in [4.69, 9.17) is 0 Å². The van der Waals surface area contributed by atoms with Gasteiger partial charge in [0.1, 0.15) is 0 Å². The summed E-state index contributed by atoms with van der Waals surface area (Å²) in [6.45, 7) is 4.72. The number of halogens is 1. The fourth-order valence-corrected chi connectivity index (χ4v) is 4.65. The number of fused-ring (bicyclic) bond motifs is 3. The maximum Gasteiger partial charge on any atom is 0.0161 e. The number of benzene rings is 3. The highest BCUT2D eigenvalue weighted by Gasteiger charge is 2.37. The van der Waals surface area contributed by atoms with E-state index in [2.05, 4.69) is 103 Å². The van der Waals surface area contributed by atoms with Crippen molar-refractivity contribution in [1.29, 1.82) is 0 Å². The molecule has 0 spiro atoms. The van der Waals surface area contributed by atoms with E-state index in [1.54, 1.807) is 0 Å². The zero-order chi connectivity index (χ0) is 16.0. The average Bonchev–Trinajstić information content (AvgIpc) is 2.77. The first kappa shape index (κ1) is 14.9. The van der Waals surface area contributed by atoms with Crippen molar-refractivity contribution in [2.24, 2.45) is 0 Å². The molecule has 3 aromatic rings. The van der Waals surface area contributed by atoms with Gasteiger partial charge in [-0.3, -0.25) is 0 Å². The van der Waals surface area contributed by atoms with Gasteiger partial charge in [-0.25, -0.2) is 0 Å². The van der Waals surface area contributed by atoms with Crippen molar-refractivity contribution in [2.75, 3.05) is 0 Å². The van der Waals surface area contributed by atoms with Gasteiger partial charge in [0, 0.05) is 8.99 Å². The second kappa shape index (κ2) is 5.48. The molecule has 23 heavy (non-hydrogen) atoms. The Morgan fingerprint density at radius 3 is 2.30 bits per heavy atom. The number of hydrogen-bond acceptors (Lipinski definition) is 0. The highest BCUT2D eigenvalue weighted by atomic mass is 127. The smallest absolute Gasteiger partial charge is 0.0161 e. The lowest BCUT2D eigenvalue weighted by atomic mass is 9.79. The summed E-state index contributed by atoms with van der Waals surface area (Å²) >= 11 is 2.45. The molecule has 1 heteroatoms. The van der Waals surface area contributed by atoms with Crippen LogP contribution < -0.4 is 0 Å². The van der Waals surface area contributed by atoms with Crippen molar-refractivity contribution < 1.29 is 0 Å². The van der Waals surface area contributed by atoms with Crippen molar-refractivity contribution in [3.8, 4) is 11.1 Å². The van der Waals surface area contributed by atoms with E-state index in [1.807, 2.05) is 0 Å². The summed E-state index contributed by atoms with van der Waals surface area (Å²) in [5, 5.41) is 0. The van der Waals surface area contributed by atoms with Crippen LogP contribution in [0.25, 0.3) is 11.1 Å². The standard InChI is InChI=1S/C22H19I/c1-22(2)20-11-7-6-10-18(20)19-14-17(23)13-16(21(19)22)12-15-8-4-3-5-9-15/h3-11,13-14H,12H2,1-2H3. The van der Waals surface area contributed by atoms with Crippen LogP contribution in [0.3, 0.4) is 0 Å². The van der Waals surface area contributed by atoms with Gasteiger partial charge < -0.3 is 0 Å². The van der Waals surface area contributed by atoms with E-state index < -0.39 is 0 Å². The first-order valence-electron chi connectivity index (χ1n) is 8.04. The lowest BCUT2D eigenvalue weighted by Gasteiger charge is -2.24. The molecule has 3 aromatic carbocycles. The van der Waals surface area contributed by atoms with Crippen LogP contribution in [0.5, 0.6) is 0 Å². The average molecular weight is 410 g/mol. The Balaban J connectivity index is 1.93. The molecule has 0 nitrogen and oxygen atoms in total. The van der Waals surface area contributed by atoms with Gasteiger partial charge in [0.2, 0.25) is 0 Å². The minimum atomic E-state index is 0.0698. The van der Waals surface area contributed by atoms with Crippen LogP contribution in [0.1, 0.15) is 36.1 Å². The molecule has 0 aromatic heterocycles. The first-order chi connectivity index (χ1) is 11.1. The Labute approximate surface area is 151 Å². The number of hydrogen-bond donors (Lipinski definition) is 0. The topological polar surface area (TPSA) is 0 Å². The van der Waals surface area contributed by atoms with E-state index in [-0.39, 0.29) is 5.41 Å². The molecule has 0 bridgehead atoms. The van der Waals surface area contributed by atoms with E-state index in [1.165, 1.54) is 37.0 Å². The Bertz CT molecular complexity index is 876. The van der Waals surface area contributed by atoms with Crippen LogP contribution in [0, 0.1) is 3.57 Å². The summed E-state index contributed by atoms with van der Waals surface area (Å²) in [5.41, 5.74) is 8.68. The third-order valence-corrected chi connectivity index (χ3v) is 5.56. The summed E-state index contributed by atoms with van der Waals surface area (Å²) in [7, 11) is 0. The fourth-order valence-electron chi connectivity index (χ4n) is 3.97. The van der Waals surface area contributed by atoms with Gasteiger partial charge in [-0.2, -0.15) is 0 Å². The summed E-state index contributed by atoms with van der Waals surface area (Å²) in [6, 6.07) is 24.4. The molecule has 0 saturated carbocycles. The van der Waals surface area contributed by atoms with Crippen LogP contribution in [0.4, 0.5) is 0 Å². The SMILES string of the molecule is CC1(C)c2ccccc2-c2cc(I)cc(Cc3ccccc3)c21. The highest BCUT2D eigenvalue weighted by Crippen LogP contribution is 2.50. The van der Waals surface area contributed by atoms with Gasteiger partial charge >= 0.3 is 0 Å². The van der Waals surface area contributed by atoms with Gasteiger partial charge in [0.15, 0.2) is 0 Å². The molecule has 0 unspecified atom stereocenters. The minimum Gasteiger partial charge on any atom is -0.0622 e. The zero-order valence-corrected chi connectivity index (χ0v) is 15.6. The summed E-state index contributed by atoms with van der Waals surface area (Å²) in [4.78, 5) is 0. The molecule has 0 aliphatic heterocycles. The Morgan fingerprint density at radius 2 is 1.52 bits per heavy atom. The molecule has 1 aliphatic carbocycles. The molecule has 114 valence electrons. The Kier molecular flexibility index (Phi) is 3.56. The highest BCUT2D eigenvalue weighted by molar-refractivity contribution is 14.1. The predicted octanol–water partition coefficient (Wildman–Crippen LogP) is 6.19. The van der Waals surface area contributed by atoms with Crippen molar-refractivity contribution in [2.45, 2.75) is 25.7 Å². The Morgan fingerprint density at radius 1 is 0.826 bits per heavy atom. The molecule has 0 radical (unpaired) electrons. The maximum atomic E-state index is 2.45. The first-order valence-corrected chi connectivity index (χ1v) is 9.12. The summed E-state index contributed by atoms with van der Waals surface area (Å²) < 4.78 is 1.32. The molecule has 0 fully saturated rings. The number of rotatable bonds is 2. The lowest BCUT2D eigenvalue weighted by Crippen LogP contribution is -2.17. The Hall–Kier alpha value is -1.61. The molecule has 0 heterocycles. The third-order valence-electron chi connectivity index (χ3n) is 4.94. The van der Waals surface area contributed by atoms with Crippen molar-refractivity contribution in [3.05, 3.63) is 92.6 Å². The molecule has 0 amide bonds. The normalized spacial score (nSPS) is 14.4. The molecule has 0 N–H and O–H groups in total. The molecule has 1 aliphatic rings. The maximum absolute atomic E-state index is 2.45. The largest absolute Gasteiger partial charge is 0.0622 e. The van der Waals surface area contributed by atoms with Gasteiger partial charge in [-0.05, 0) is 74.5 Å². The van der Waals surface area contributed by atoms with Crippen molar-refractivity contribution >= 4 is 22.6 Å². The van der Waals surface area contributed by atoms with Crippen LogP contribution >= 0.6 is 22.6 Å². The molecule has 0 saturated heterocycles. The molecular formula is C22H19I. The van der Waals surface area contributed by atoms with Gasteiger partial charge in [0.25, 0.3) is 0 Å². The molecule has 4 rings (SSSR count). The van der Waals surface area contributed by atoms with Gasteiger partial charge in [0.05, 0.1) is 0 Å². The van der Waals surface area contributed by atoms with Crippen LogP contribution in [0.2, 0.25) is 0 Å². The predicted molar refractivity (Wildman–Crippen MR) is 106 cm³/mol. The summed E-state index contributed by atoms with van der Waals surface area (Å²) in [5.74, 6) is 0. The monoisotopic (exact) mass is 410 g/mol. The van der Waals surface area contributed by atoms with Crippen LogP contribution in [0.15, 0.2) is 66.7 Å². The summed E-state index contributed by atoms with van der Waals surface area (Å²) in [6.07, 6.45) is 0.997. The lowest BCUT2D eigenvalue weighted by molar-refractivity contribution is 0.653. The van der Waals surface area contributed by atoms with Gasteiger partial charge in [-0.1, -0.05) is 68.4 Å². The van der Waals surface area contributed by atoms with Gasteiger partial charge in [-0.15, -0.1) is 0 Å². The second-order valence-corrected chi connectivity index (χ2v) is 8.07. The van der Waals surface area contributed by atoms with E-state index in [0.717, 1.165) is 6.42 Å². The van der Waals surface area contributed by atoms with Crippen LogP contribution in [-0.4, -0.2) is 0 Å². The second-order valence-electron chi connectivity index (χ2n) is 6.82. The van der Waals surface area contributed by atoms with Crippen molar-refractivity contribution in [1.82, 2.24) is 0 Å². The quantitative estimate of drug-likeness (QED) is 0.442.